The number of thioether (sulfide) groups is 1. The monoisotopic (exact) mass is 428 g/mol. The van der Waals surface area contributed by atoms with Crippen molar-refractivity contribution in [3.05, 3.63) is 0 Å². The molecule has 0 aliphatic carbocycles. The summed E-state index contributed by atoms with van der Waals surface area (Å²) in [5, 5.41) is 2.69. The second kappa shape index (κ2) is 11.9. The number of imide groups is 1. The molecule has 0 aromatic heterocycles. The number of amides is 3. The summed E-state index contributed by atoms with van der Waals surface area (Å²) in [5.74, 6) is 0.821. The number of unbranched alkanes of at least 4 members (excludes halogenated alkanes) is 2. The molecule has 0 aromatic carbocycles. The van der Waals surface area contributed by atoms with Crippen molar-refractivity contribution in [1.29, 1.82) is 0 Å². The van der Waals surface area contributed by atoms with Crippen LogP contribution in [0, 0.1) is 10.8 Å². The summed E-state index contributed by atoms with van der Waals surface area (Å²) in [6.45, 7) is 14.8. The number of nitrogens with zero attached hydrogens (tertiary/aromatic N) is 1. The van der Waals surface area contributed by atoms with E-state index >= 15 is 0 Å². The Hall–Kier alpha value is -1.08. The SMILES string of the molecule is CC(C)(C)CNC(=O)CCOCCCCCN1C(=O)CC(SCC(C)(C)C)C1=O. The van der Waals surface area contributed by atoms with Crippen molar-refractivity contribution in [2.24, 2.45) is 10.8 Å². The third kappa shape index (κ3) is 11.6. The molecule has 0 bridgehead atoms. The number of hydrogen-bond acceptors (Lipinski definition) is 5. The van der Waals surface area contributed by atoms with Gasteiger partial charge >= 0.3 is 0 Å². The first kappa shape index (κ1) is 26.0. The number of ether oxygens (including phenoxy) is 1. The molecule has 1 unspecified atom stereocenters. The standard InChI is InChI=1S/C22H40N2O4S/c1-21(2,3)15-23-18(25)10-13-28-12-9-7-8-11-24-19(26)14-17(20(24)27)29-16-22(4,5)6/h17H,7-16H2,1-6H3,(H,23,25). The Morgan fingerprint density at radius 1 is 1.07 bits per heavy atom. The molecule has 1 saturated heterocycles. The van der Waals surface area contributed by atoms with Crippen LogP contribution in [0.15, 0.2) is 0 Å². The van der Waals surface area contributed by atoms with E-state index in [1.54, 1.807) is 11.8 Å². The molecule has 1 atom stereocenters. The maximum absolute atomic E-state index is 12.4. The fourth-order valence-electron chi connectivity index (χ4n) is 2.74. The maximum atomic E-state index is 12.4. The minimum absolute atomic E-state index is 0.0184. The fourth-order valence-corrected chi connectivity index (χ4v) is 3.97. The Labute approximate surface area is 180 Å². The molecule has 29 heavy (non-hydrogen) atoms. The summed E-state index contributed by atoms with van der Waals surface area (Å²) in [6.07, 6.45) is 3.26. The van der Waals surface area contributed by atoms with Crippen LogP contribution in [-0.4, -0.2) is 59.9 Å². The smallest absolute Gasteiger partial charge is 0.242 e. The zero-order valence-electron chi connectivity index (χ0n) is 19.1. The van der Waals surface area contributed by atoms with Crippen LogP contribution in [0.2, 0.25) is 0 Å². The van der Waals surface area contributed by atoms with E-state index in [1.807, 2.05) is 0 Å². The van der Waals surface area contributed by atoms with Gasteiger partial charge in [-0.25, -0.2) is 0 Å². The highest BCUT2D eigenvalue weighted by Gasteiger charge is 2.38. The summed E-state index contributed by atoms with van der Waals surface area (Å²) in [7, 11) is 0. The van der Waals surface area contributed by atoms with Crippen LogP contribution in [0.1, 0.15) is 73.6 Å². The molecule has 0 radical (unpaired) electrons. The molecule has 0 saturated carbocycles. The molecule has 0 spiro atoms. The lowest BCUT2D eigenvalue weighted by Gasteiger charge is -2.19. The molecule has 7 heteroatoms. The molecule has 1 aliphatic rings. The Kier molecular flexibility index (Phi) is 10.7. The van der Waals surface area contributed by atoms with Gasteiger partial charge in [-0.3, -0.25) is 19.3 Å². The van der Waals surface area contributed by atoms with Gasteiger partial charge in [-0.1, -0.05) is 41.5 Å². The van der Waals surface area contributed by atoms with E-state index in [2.05, 4.69) is 46.9 Å². The first-order chi connectivity index (χ1) is 13.4. The predicted molar refractivity (Wildman–Crippen MR) is 119 cm³/mol. The van der Waals surface area contributed by atoms with Gasteiger partial charge in [-0.05, 0) is 35.8 Å². The number of carbonyl (C=O) groups excluding carboxylic acids is 3. The average Bonchev–Trinajstić information content (AvgIpc) is 2.86. The number of hydrogen-bond donors (Lipinski definition) is 1. The van der Waals surface area contributed by atoms with E-state index in [-0.39, 0.29) is 33.8 Å². The Bertz CT molecular complexity index is 552. The van der Waals surface area contributed by atoms with E-state index in [4.69, 9.17) is 4.74 Å². The largest absolute Gasteiger partial charge is 0.381 e. The third-order valence-electron chi connectivity index (χ3n) is 4.38. The predicted octanol–water partition coefficient (Wildman–Crippen LogP) is 3.63. The third-order valence-corrected chi connectivity index (χ3v) is 6.18. The molecular weight excluding hydrogens is 388 g/mol. The van der Waals surface area contributed by atoms with Gasteiger partial charge in [0.2, 0.25) is 17.7 Å². The molecule has 1 N–H and O–H groups in total. The maximum Gasteiger partial charge on any atom is 0.242 e. The first-order valence-electron chi connectivity index (χ1n) is 10.7. The van der Waals surface area contributed by atoms with Gasteiger partial charge in [-0.15, -0.1) is 11.8 Å². The molecule has 0 aromatic rings. The van der Waals surface area contributed by atoms with Gasteiger partial charge in [-0.2, -0.15) is 0 Å². The molecule has 168 valence electrons. The van der Waals surface area contributed by atoms with E-state index in [0.29, 0.717) is 39.1 Å². The number of carbonyl (C=O) groups is 3. The molecule has 3 amide bonds. The Balaban J connectivity index is 2.09. The molecule has 1 fully saturated rings. The molecule has 6 nitrogen and oxygen atoms in total. The van der Waals surface area contributed by atoms with Crippen molar-refractivity contribution in [2.75, 3.05) is 32.1 Å². The lowest BCUT2D eigenvalue weighted by Crippen LogP contribution is -2.32. The van der Waals surface area contributed by atoms with Gasteiger partial charge in [0.05, 0.1) is 11.9 Å². The van der Waals surface area contributed by atoms with E-state index in [9.17, 15) is 14.4 Å². The Morgan fingerprint density at radius 3 is 2.38 bits per heavy atom. The quantitative estimate of drug-likeness (QED) is 0.379. The highest BCUT2D eigenvalue weighted by Crippen LogP contribution is 2.30. The second-order valence-corrected chi connectivity index (χ2v) is 11.4. The van der Waals surface area contributed by atoms with Crippen LogP contribution < -0.4 is 5.32 Å². The topological polar surface area (TPSA) is 75.7 Å². The number of nitrogens with one attached hydrogen (secondary N) is 1. The van der Waals surface area contributed by atoms with Crippen molar-refractivity contribution in [3.8, 4) is 0 Å². The highest BCUT2D eigenvalue weighted by molar-refractivity contribution is 8.00. The minimum Gasteiger partial charge on any atom is -0.381 e. The average molecular weight is 429 g/mol. The van der Waals surface area contributed by atoms with E-state index < -0.39 is 0 Å². The van der Waals surface area contributed by atoms with E-state index in [0.717, 1.165) is 25.0 Å². The Morgan fingerprint density at radius 2 is 1.76 bits per heavy atom. The van der Waals surface area contributed by atoms with Crippen molar-refractivity contribution < 1.29 is 19.1 Å². The van der Waals surface area contributed by atoms with Crippen LogP contribution in [0.4, 0.5) is 0 Å². The van der Waals surface area contributed by atoms with Crippen LogP contribution in [0.3, 0.4) is 0 Å². The second-order valence-electron chi connectivity index (χ2n) is 10.2. The molecule has 1 rings (SSSR count). The van der Waals surface area contributed by atoms with Gasteiger partial charge in [0.25, 0.3) is 0 Å². The number of rotatable bonds is 12. The van der Waals surface area contributed by atoms with Crippen LogP contribution in [0.5, 0.6) is 0 Å². The van der Waals surface area contributed by atoms with Crippen molar-refractivity contribution in [1.82, 2.24) is 10.2 Å². The lowest BCUT2D eigenvalue weighted by atomic mass is 9.97. The van der Waals surface area contributed by atoms with Crippen LogP contribution in [-0.2, 0) is 19.1 Å². The summed E-state index contributed by atoms with van der Waals surface area (Å²) in [5.41, 5.74) is 0.231. The summed E-state index contributed by atoms with van der Waals surface area (Å²) >= 11 is 1.60. The summed E-state index contributed by atoms with van der Waals surface area (Å²) in [4.78, 5) is 37.7. The number of likely N-dealkylation sites (tertiary alicyclic amines) is 1. The fraction of sp³-hybridized carbons (Fsp3) is 0.864. The van der Waals surface area contributed by atoms with Gasteiger partial charge in [0.15, 0.2) is 0 Å². The first-order valence-corrected chi connectivity index (χ1v) is 11.7. The minimum atomic E-state index is -0.213. The van der Waals surface area contributed by atoms with Crippen molar-refractivity contribution in [2.45, 2.75) is 78.9 Å². The zero-order chi connectivity index (χ0) is 22.1. The van der Waals surface area contributed by atoms with E-state index in [1.165, 1.54) is 4.90 Å². The molecule has 1 heterocycles. The normalized spacial score (nSPS) is 17.9. The van der Waals surface area contributed by atoms with Crippen LogP contribution in [0.25, 0.3) is 0 Å². The summed E-state index contributed by atoms with van der Waals surface area (Å²) < 4.78 is 5.52. The molecule has 1 aliphatic heterocycles. The highest BCUT2D eigenvalue weighted by atomic mass is 32.2. The van der Waals surface area contributed by atoms with Gasteiger partial charge in [0, 0.05) is 32.5 Å². The zero-order valence-corrected chi connectivity index (χ0v) is 20.0. The van der Waals surface area contributed by atoms with Crippen molar-refractivity contribution >= 4 is 29.5 Å². The summed E-state index contributed by atoms with van der Waals surface area (Å²) in [6, 6.07) is 0. The van der Waals surface area contributed by atoms with Crippen LogP contribution >= 0.6 is 11.8 Å². The van der Waals surface area contributed by atoms with Crippen molar-refractivity contribution in [3.63, 3.8) is 0 Å². The lowest BCUT2D eigenvalue weighted by molar-refractivity contribution is -0.138. The molecular formula is C22H40N2O4S. The van der Waals surface area contributed by atoms with Gasteiger partial charge in [0.1, 0.15) is 0 Å². The van der Waals surface area contributed by atoms with Gasteiger partial charge < -0.3 is 10.1 Å².